The summed E-state index contributed by atoms with van der Waals surface area (Å²) in [6.07, 6.45) is 0. The number of aliphatic carboxylic acids is 1. The van der Waals surface area contributed by atoms with Gasteiger partial charge in [-0.3, -0.25) is 0 Å². The number of carboxylic acids is 1. The van der Waals surface area contributed by atoms with E-state index in [4.69, 9.17) is 9.84 Å². The molecule has 0 saturated carbocycles. The van der Waals surface area contributed by atoms with Crippen LogP contribution in [-0.4, -0.2) is 26.1 Å². The van der Waals surface area contributed by atoms with Gasteiger partial charge in [-0.2, -0.15) is 0 Å². The molecular weight excluding hydrogens is 318 g/mol. The van der Waals surface area contributed by atoms with Crippen molar-refractivity contribution >= 4 is 16.0 Å². The molecule has 0 unspecified atom stereocenters. The summed E-state index contributed by atoms with van der Waals surface area (Å²) < 4.78 is 32.2. The van der Waals surface area contributed by atoms with Gasteiger partial charge < -0.3 is 9.84 Å². The monoisotopic (exact) mass is 335 g/mol. The van der Waals surface area contributed by atoms with Crippen molar-refractivity contribution in [3.05, 3.63) is 59.7 Å². The van der Waals surface area contributed by atoms with Crippen LogP contribution < -0.4 is 9.46 Å². The lowest BCUT2D eigenvalue weighted by Crippen LogP contribution is -2.23. The molecule has 7 heteroatoms. The molecule has 0 heterocycles. The standard InChI is InChI=1S/C16H17NO5S/c1-12-9-14(7-8-15(12)22-11-16(18)19)23(20,21)17-10-13-5-3-2-4-6-13/h2-9,17H,10-11H2,1H3,(H,18,19). The number of carbonyl (C=O) groups is 1. The lowest BCUT2D eigenvalue weighted by Gasteiger charge is -2.11. The summed E-state index contributed by atoms with van der Waals surface area (Å²) in [4.78, 5) is 10.6. The lowest BCUT2D eigenvalue weighted by atomic mass is 10.2. The molecular formula is C16H17NO5S. The Bertz CT molecular complexity index is 787. The first-order valence-electron chi connectivity index (χ1n) is 6.87. The van der Waals surface area contributed by atoms with Crippen LogP contribution >= 0.6 is 0 Å². The highest BCUT2D eigenvalue weighted by molar-refractivity contribution is 7.89. The number of rotatable bonds is 7. The highest BCUT2D eigenvalue weighted by Crippen LogP contribution is 2.22. The van der Waals surface area contributed by atoms with Gasteiger partial charge >= 0.3 is 5.97 Å². The predicted octanol–water partition coefficient (Wildman–Crippen LogP) is 1.94. The molecule has 0 aromatic heterocycles. The van der Waals surface area contributed by atoms with Crippen molar-refractivity contribution in [1.29, 1.82) is 0 Å². The molecule has 2 aromatic carbocycles. The van der Waals surface area contributed by atoms with Gasteiger partial charge in [-0.05, 0) is 36.2 Å². The highest BCUT2D eigenvalue weighted by atomic mass is 32.2. The first-order chi connectivity index (χ1) is 10.9. The van der Waals surface area contributed by atoms with Gasteiger partial charge in [-0.25, -0.2) is 17.9 Å². The molecule has 0 radical (unpaired) electrons. The van der Waals surface area contributed by atoms with Crippen LogP contribution in [0, 0.1) is 6.92 Å². The minimum atomic E-state index is -3.65. The quantitative estimate of drug-likeness (QED) is 0.806. The van der Waals surface area contributed by atoms with E-state index in [2.05, 4.69) is 4.72 Å². The first-order valence-corrected chi connectivity index (χ1v) is 8.35. The zero-order valence-corrected chi connectivity index (χ0v) is 13.3. The van der Waals surface area contributed by atoms with Crippen molar-refractivity contribution in [1.82, 2.24) is 4.72 Å². The van der Waals surface area contributed by atoms with Crippen LogP contribution in [-0.2, 0) is 21.4 Å². The molecule has 0 atom stereocenters. The highest BCUT2D eigenvalue weighted by Gasteiger charge is 2.15. The van der Waals surface area contributed by atoms with E-state index >= 15 is 0 Å². The van der Waals surface area contributed by atoms with Gasteiger partial charge in [-0.15, -0.1) is 0 Å². The molecule has 0 spiro atoms. The molecule has 2 aromatic rings. The summed E-state index contributed by atoms with van der Waals surface area (Å²) in [5.41, 5.74) is 1.41. The number of sulfonamides is 1. The van der Waals surface area contributed by atoms with E-state index in [0.717, 1.165) is 5.56 Å². The van der Waals surface area contributed by atoms with E-state index in [9.17, 15) is 13.2 Å². The zero-order chi connectivity index (χ0) is 16.9. The predicted molar refractivity (Wildman–Crippen MR) is 84.8 cm³/mol. The molecule has 0 aliphatic heterocycles. The average Bonchev–Trinajstić information content (AvgIpc) is 2.52. The van der Waals surface area contributed by atoms with E-state index in [1.54, 1.807) is 6.92 Å². The zero-order valence-electron chi connectivity index (χ0n) is 12.5. The molecule has 0 amide bonds. The van der Waals surface area contributed by atoms with Gasteiger partial charge in [0.15, 0.2) is 6.61 Å². The molecule has 6 nitrogen and oxygen atoms in total. The second-order valence-electron chi connectivity index (χ2n) is 4.92. The van der Waals surface area contributed by atoms with E-state index in [1.165, 1.54) is 18.2 Å². The fraction of sp³-hybridized carbons (Fsp3) is 0.188. The third kappa shape index (κ3) is 4.80. The third-order valence-electron chi connectivity index (χ3n) is 3.12. The molecule has 0 bridgehead atoms. The van der Waals surface area contributed by atoms with Gasteiger partial charge in [0, 0.05) is 6.54 Å². The van der Waals surface area contributed by atoms with E-state index in [1.807, 2.05) is 30.3 Å². The Kier molecular flexibility index (Phi) is 5.36. The van der Waals surface area contributed by atoms with Crippen LogP contribution in [0.3, 0.4) is 0 Å². The maximum atomic E-state index is 12.3. The smallest absolute Gasteiger partial charge is 0.341 e. The Morgan fingerprint density at radius 3 is 2.48 bits per heavy atom. The maximum Gasteiger partial charge on any atom is 0.341 e. The molecule has 0 aliphatic rings. The Morgan fingerprint density at radius 2 is 1.87 bits per heavy atom. The number of nitrogens with one attached hydrogen (secondary N) is 1. The maximum absolute atomic E-state index is 12.3. The number of ether oxygens (including phenoxy) is 1. The van der Waals surface area contributed by atoms with Crippen LogP contribution in [0.2, 0.25) is 0 Å². The fourth-order valence-corrected chi connectivity index (χ4v) is 3.05. The number of hydrogen-bond donors (Lipinski definition) is 2. The molecule has 2 rings (SSSR count). The lowest BCUT2D eigenvalue weighted by molar-refractivity contribution is -0.139. The van der Waals surface area contributed by atoms with E-state index < -0.39 is 22.6 Å². The number of aryl methyl sites for hydroxylation is 1. The Balaban J connectivity index is 2.10. The molecule has 23 heavy (non-hydrogen) atoms. The van der Waals surface area contributed by atoms with E-state index in [0.29, 0.717) is 11.3 Å². The Labute approximate surface area is 134 Å². The third-order valence-corrected chi connectivity index (χ3v) is 4.52. The van der Waals surface area contributed by atoms with Crippen molar-refractivity contribution in [2.75, 3.05) is 6.61 Å². The summed E-state index contributed by atoms with van der Waals surface area (Å²) in [6.45, 7) is 1.38. The van der Waals surface area contributed by atoms with Gasteiger partial charge in [0.25, 0.3) is 0 Å². The summed E-state index contributed by atoms with van der Waals surface area (Å²) in [7, 11) is -3.65. The second-order valence-corrected chi connectivity index (χ2v) is 6.69. The number of hydrogen-bond acceptors (Lipinski definition) is 4. The largest absolute Gasteiger partial charge is 0.482 e. The van der Waals surface area contributed by atoms with Crippen LogP contribution in [0.5, 0.6) is 5.75 Å². The van der Waals surface area contributed by atoms with Crippen molar-refractivity contribution < 1.29 is 23.1 Å². The minimum Gasteiger partial charge on any atom is -0.482 e. The summed E-state index contributed by atoms with van der Waals surface area (Å²) in [5.74, 6) is -0.750. The van der Waals surface area contributed by atoms with Crippen molar-refractivity contribution in [2.24, 2.45) is 0 Å². The van der Waals surface area contributed by atoms with Gasteiger partial charge in [0.2, 0.25) is 10.0 Å². The molecule has 0 saturated heterocycles. The average molecular weight is 335 g/mol. The normalized spacial score (nSPS) is 11.2. The molecule has 2 N–H and O–H groups in total. The molecule has 0 aliphatic carbocycles. The second kappa shape index (κ2) is 7.26. The first kappa shape index (κ1) is 17.0. The van der Waals surface area contributed by atoms with Crippen LogP contribution in [0.4, 0.5) is 0 Å². The van der Waals surface area contributed by atoms with Crippen LogP contribution in [0.1, 0.15) is 11.1 Å². The van der Waals surface area contributed by atoms with E-state index in [-0.39, 0.29) is 11.4 Å². The van der Waals surface area contributed by atoms with Gasteiger partial charge in [0.05, 0.1) is 4.90 Å². The Morgan fingerprint density at radius 1 is 1.17 bits per heavy atom. The summed E-state index contributed by atoms with van der Waals surface area (Å²) >= 11 is 0. The number of benzene rings is 2. The minimum absolute atomic E-state index is 0.105. The SMILES string of the molecule is Cc1cc(S(=O)(=O)NCc2ccccc2)ccc1OCC(=O)O. The van der Waals surface area contributed by atoms with Crippen molar-refractivity contribution in [3.63, 3.8) is 0 Å². The van der Waals surface area contributed by atoms with Crippen LogP contribution in [0.15, 0.2) is 53.4 Å². The topological polar surface area (TPSA) is 92.7 Å². The van der Waals surface area contributed by atoms with Gasteiger partial charge in [-0.1, -0.05) is 30.3 Å². The Hall–Kier alpha value is -2.38. The van der Waals surface area contributed by atoms with Crippen molar-refractivity contribution in [3.8, 4) is 5.75 Å². The number of carboxylic acid groups (broad SMARTS) is 1. The van der Waals surface area contributed by atoms with Crippen molar-refractivity contribution in [2.45, 2.75) is 18.4 Å². The summed E-state index contributed by atoms with van der Waals surface area (Å²) in [5, 5.41) is 8.60. The van der Waals surface area contributed by atoms with Crippen LogP contribution in [0.25, 0.3) is 0 Å². The van der Waals surface area contributed by atoms with Gasteiger partial charge in [0.1, 0.15) is 5.75 Å². The fourth-order valence-electron chi connectivity index (χ4n) is 1.95. The molecule has 122 valence electrons. The summed E-state index contributed by atoms with van der Waals surface area (Å²) in [6, 6.07) is 13.5. The molecule has 0 fully saturated rings.